The molecule has 7 nitrogen and oxygen atoms in total. The molecule has 0 aliphatic carbocycles. The van der Waals surface area contributed by atoms with Crippen molar-refractivity contribution in [3.63, 3.8) is 0 Å². The lowest BCUT2D eigenvalue weighted by Crippen LogP contribution is -2.72. The quantitative estimate of drug-likeness (QED) is 0.0433. The number of rotatable bonds is 30. The van der Waals surface area contributed by atoms with Gasteiger partial charge in [-0.3, -0.25) is 4.48 Å². The molecule has 0 bridgehead atoms. The van der Waals surface area contributed by atoms with Gasteiger partial charge in [-0.15, -0.1) is 0 Å². The molecule has 7 heteroatoms. The van der Waals surface area contributed by atoms with Gasteiger partial charge in [0.25, 0.3) is 0 Å². The van der Waals surface area contributed by atoms with Crippen LogP contribution in [-0.2, 0) is 14.4 Å². The summed E-state index contributed by atoms with van der Waals surface area (Å²) in [7, 11) is 0. The second kappa shape index (κ2) is 25.6. The SMILES string of the molecule is CCCCCCCCCCCCCCCC/C=C/CC[N+](C(CCC)C(=O)O)(C(CCC)C(=O)O)C(CCC)C(=O)O. The predicted molar refractivity (Wildman–Crippen MR) is 173 cm³/mol. The number of quaternary nitrogens is 1. The first kappa shape index (κ1) is 40.1. The number of unbranched alkanes of at least 4 members (excludes halogenated alkanes) is 14. The molecule has 0 heterocycles. The molecule has 0 aromatic rings. The first-order chi connectivity index (χ1) is 20.2. The number of allylic oxidation sites excluding steroid dienone is 1. The van der Waals surface area contributed by atoms with Crippen LogP contribution in [0.15, 0.2) is 12.2 Å². The van der Waals surface area contributed by atoms with Crippen molar-refractivity contribution < 1.29 is 34.2 Å². The fraction of sp³-hybridized carbons (Fsp3) is 0.857. The van der Waals surface area contributed by atoms with Gasteiger partial charge in [-0.2, -0.15) is 0 Å². The standard InChI is InChI=1S/C35H65NO6/c1-5-9-10-11-12-13-14-15-16-17-18-19-20-21-22-23-24-25-29-36(30(26-6-2)33(37)38,31(27-7-3)34(39)40)32(28-8-4)35(41)42/h23-24,30-32H,5-22,25-29H2,1-4H3,(H2-,37,38,39,40,41,42)/p+1/b24-23+. The van der Waals surface area contributed by atoms with Crippen molar-refractivity contribution in [3.8, 4) is 0 Å². The summed E-state index contributed by atoms with van der Waals surface area (Å²) in [4.78, 5) is 37.7. The Hall–Kier alpha value is -1.89. The minimum Gasteiger partial charge on any atom is -0.477 e. The van der Waals surface area contributed by atoms with E-state index in [9.17, 15) is 29.7 Å². The number of hydrogen-bond acceptors (Lipinski definition) is 3. The zero-order chi connectivity index (χ0) is 31.6. The first-order valence-electron chi connectivity index (χ1n) is 17.4. The van der Waals surface area contributed by atoms with Gasteiger partial charge in [-0.1, -0.05) is 123 Å². The fourth-order valence-electron chi connectivity index (χ4n) is 6.64. The molecule has 0 fully saturated rings. The van der Waals surface area contributed by atoms with Crippen LogP contribution in [0.25, 0.3) is 0 Å². The maximum absolute atomic E-state index is 12.6. The van der Waals surface area contributed by atoms with Crippen molar-refractivity contribution in [2.24, 2.45) is 0 Å². The van der Waals surface area contributed by atoms with E-state index in [0.717, 1.165) is 12.8 Å². The minimum atomic E-state index is -1.10. The van der Waals surface area contributed by atoms with Gasteiger partial charge in [0.1, 0.15) is 0 Å². The molecule has 3 atom stereocenters. The Labute approximate surface area is 257 Å². The molecule has 0 saturated carbocycles. The van der Waals surface area contributed by atoms with Crippen molar-refractivity contribution in [2.75, 3.05) is 6.54 Å². The molecule has 0 aromatic carbocycles. The summed E-state index contributed by atoms with van der Waals surface area (Å²) in [6.45, 7) is 8.06. The molecule has 0 spiro atoms. The Balaban J connectivity index is 4.99. The van der Waals surface area contributed by atoms with Crippen LogP contribution < -0.4 is 0 Å². The first-order valence-corrected chi connectivity index (χ1v) is 17.4. The van der Waals surface area contributed by atoms with Crippen molar-refractivity contribution in [3.05, 3.63) is 12.2 Å². The molecule has 0 aliphatic rings. The number of nitrogens with zero attached hydrogens (tertiary/aromatic N) is 1. The lowest BCUT2D eigenvalue weighted by molar-refractivity contribution is -0.973. The summed E-state index contributed by atoms with van der Waals surface area (Å²) < 4.78 is -0.418. The Morgan fingerprint density at radius 1 is 0.476 bits per heavy atom. The number of carboxylic acids is 3. The van der Waals surface area contributed by atoms with E-state index in [1.165, 1.54) is 83.5 Å². The highest BCUT2D eigenvalue weighted by molar-refractivity contribution is 5.78. The van der Waals surface area contributed by atoms with Crippen LogP contribution in [0.3, 0.4) is 0 Å². The smallest absolute Gasteiger partial charge is 0.362 e. The average Bonchev–Trinajstić information content (AvgIpc) is 2.95. The van der Waals surface area contributed by atoms with Gasteiger partial charge in [0, 0.05) is 25.7 Å². The lowest BCUT2D eigenvalue weighted by Gasteiger charge is -2.50. The molecular weight excluding hydrogens is 530 g/mol. The van der Waals surface area contributed by atoms with Gasteiger partial charge in [0.15, 0.2) is 18.1 Å². The van der Waals surface area contributed by atoms with Crippen LogP contribution in [0.1, 0.15) is 169 Å². The van der Waals surface area contributed by atoms with Crippen molar-refractivity contribution in [1.82, 2.24) is 0 Å². The van der Waals surface area contributed by atoms with Crippen LogP contribution in [0.2, 0.25) is 0 Å². The number of hydrogen-bond donors (Lipinski definition) is 3. The summed E-state index contributed by atoms with van der Waals surface area (Å²) >= 11 is 0. The normalized spacial score (nSPS) is 15.3. The van der Waals surface area contributed by atoms with E-state index < -0.39 is 40.5 Å². The molecule has 246 valence electrons. The minimum absolute atomic E-state index is 0.195. The van der Waals surface area contributed by atoms with Gasteiger partial charge >= 0.3 is 17.9 Å². The van der Waals surface area contributed by atoms with Crippen molar-refractivity contribution in [1.29, 1.82) is 0 Å². The summed E-state index contributed by atoms with van der Waals surface area (Å²) in [5, 5.41) is 30.8. The maximum atomic E-state index is 12.6. The van der Waals surface area contributed by atoms with Crippen LogP contribution in [0.5, 0.6) is 0 Å². The molecular formula is C35H66NO6+. The summed E-state index contributed by atoms with van der Waals surface area (Å²) in [6.07, 6.45) is 26.4. The van der Waals surface area contributed by atoms with Gasteiger partial charge in [0.05, 0.1) is 6.54 Å². The van der Waals surface area contributed by atoms with Crippen molar-refractivity contribution in [2.45, 2.75) is 187 Å². The molecule has 0 aromatic heterocycles. The fourth-order valence-corrected chi connectivity index (χ4v) is 6.64. The van der Waals surface area contributed by atoms with Crippen LogP contribution >= 0.6 is 0 Å². The Morgan fingerprint density at radius 2 is 0.786 bits per heavy atom. The lowest BCUT2D eigenvalue weighted by atomic mass is 9.91. The van der Waals surface area contributed by atoms with Gasteiger partial charge < -0.3 is 15.3 Å². The Morgan fingerprint density at radius 3 is 1.10 bits per heavy atom. The third-order valence-corrected chi connectivity index (χ3v) is 8.86. The monoisotopic (exact) mass is 596 g/mol. The molecule has 42 heavy (non-hydrogen) atoms. The number of carbonyl (C=O) groups is 3. The predicted octanol–water partition coefficient (Wildman–Crippen LogP) is 9.38. The topological polar surface area (TPSA) is 112 Å². The average molecular weight is 597 g/mol. The number of aliphatic carboxylic acids is 3. The van der Waals surface area contributed by atoms with Gasteiger partial charge in [-0.05, 0) is 32.1 Å². The second-order valence-corrected chi connectivity index (χ2v) is 12.3. The Bertz CT molecular complexity index is 677. The molecule has 0 radical (unpaired) electrons. The molecule has 3 N–H and O–H groups in total. The molecule has 0 amide bonds. The maximum Gasteiger partial charge on any atom is 0.362 e. The highest BCUT2D eigenvalue weighted by atomic mass is 16.4. The zero-order valence-corrected chi connectivity index (χ0v) is 27.7. The molecule has 0 aliphatic heterocycles. The summed E-state index contributed by atoms with van der Waals surface area (Å²) in [5.74, 6) is -3.31. The highest BCUT2D eigenvalue weighted by Gasteiger charge is 2.56. The van der Waals surface area contributed by atoms with Crippen LogP contribution in [-0.4, -0.2) is 62.4 Å². The van der Waals surface area contributed by atoms with E-state index in [0.29, 0.717) is 25.7 Å². The van der Waals surface area contributed by atoms with E-state index in [4.69, 9.17) is 0 Å². The van der Waals surface area contributed by atoms with E-state index in [-0.39, 0.29) is 25.8 Å². The summed E-state index contributed by atoms with van der Waals surface area (Å²) in [5.41, 5.74) is 0. The van der Waals surface area contributed by atoms with Crippen LogP contribution in [0.4, 0.5) is 0 Å². The van der Waals surface area contributed by atoms with E-state index in [1.807, 2.05) is 26.8 Å². The second-order valence-electron chi connectivity index (χ2n) is 12.3. The van der Waals surface area contributed by atoms with Gasteiger partial charge in [0.2, 0.25) is 0 Å². The van der Waals surface area contributed by atoms with Crippen LogP contribution in [0, 0.1) is 0 Å². The third-order valence-electron chi connectivity index (χ3n) is 8.86. The Kier molecular flexibility index (Phi) is 24.4. The van der Waals surface area contributed by atoms with E-state index >= 15 is 0 Å². The largest absolute Gasteiger partial charge is 0.477 e. The summed E-state index contributed by atoms with van der Waals surface area (Å²) in [6, 6.07) is -3.22. The molecule has 3 unspecified atom stereocenters. The van der Waals surface area contributed by atoms with E-state index in [1.54, 1.807) is 0 Å². The zero-order valence-electron chi connectivity index (χ0n) is 27.7. The number of carboxylic acid groups (broad SMARTS) is 3. The van der Waals surface area contributed by atoms with Gasteiger partial charge in [-0.25, -0.2) is 14.4 Å². The van der Waals surface area contributed by atoms with Crippen molar-refractivity contribution >= 4 is 17.9 Å². The third kappa shape index (κ3) is 15.5. The highest BCUT2D eigenvalue weighted by Crippen LogP contribution is 2.34. The molecule has 0 saturated heterocycles. The molecule has 0 rings (SSSR count). The van der Waals surface area contributed by atoms with E-state index in [2.05, 4.69) is 13.0 Å².